The minimum atomic E-state index is -0.0518. The van der Waals surface area contributed by atoms with Crippen molar-refractivity contribution in [3.63, 3.8) is 0 Å². The zero-order chi connectivity index (χ0) is 11.4. The molecule has 0 radical (unpaired) electrons. The zero-order valence-corrected chi connectivity index (χ0v) is 9.04. The highest BCUT2D eigenvalue weighted by molar-refractivity contribution is 5.10. The Balaban J connectivity index is 2.16. The van der Waals surface area contributed by atoms with Gasteiger partial charge in [0.15, 0.2) is 0 Å². The van der Waals surface area contributed by atoms with E-state index in [0.717, 1.165) is 11.5 Å². The first-order chi connectivity index (χ1) is 7.81. The molecule has 6 nitrogen and oxygen atoms in total. The molecule has 0 amide bonds. The fourth-order valence-corrected chi connectivity index (χ4v) is 1.52. The molecular weight excluding hydrogens is 204 g/mol. The Labute approximate surface area is 93.5 Å². The zero-order valence-electron chi connectivity index (χ0n) is 9.04. The van der Waals surface area contributed by atoms with E-state index in [1.165, 1.54) is 6.33 Å². The molecule has 84 valence electrons. The van der Waals surface area contributed by atoms with E-state index in [9.17, 15) is 0 Å². The maximum absolute atomic E-state index is 5.52. The molecule has 0 aliphatic heterocycles. The van der Waals surface area contributed by atoms with Crippen LogP contribution in [0.2, 0.25) is 0 Å². The van der Waals surface area contributed by atoms with Crippen molar-refractivity contribution in [3.8, 4) is 0 Å². The fraction of sp³-hybridized carbons (Fsp3) is 0.300. The van der Waals surface area contributed by atoms with Crippen LogP contribution in [0.15, 0.2) is 30.7 Å². The first kappa shape index (κ1) is 10.7. The summed E-state index contributed by atoms with van der Waals surface area (Å²) in [5.74, 6) is 6.39. The monoisotopic (exact) mass is 218 g/mol. The van der Waals surface area contributed by atoms with Crippen molar-refractivity contribution >= 4 is 0 Å². The highest BCUT2D eigenvalue weighted by Crippen LogP contribution is 2.13. The summed E-state index contributed by atoms with van der Waals surface area (Å²) in [6, 6.07) is 5.69. The molecule has 2 aromatic heterocycles. The number of hydrogen-bond acceptors (Lipinski definition) is 5. The molecule has 0 aromatic carbocycles. The summed E-state index contributed by atoms with van der Waals surface area (Å²) in [4.78, 5) is 8.42. The van der Waals surface area contributed by atoms with E-state index in [1.54, 1.807) is 10.9 Å². The predicted molar refractivity (Wildman–Crippen MR) is 59.0 cm³/mol. The van der Waals surface area contributed by atoms with E-state index in [4.69, 9.17) is 5.84 Å². The van der Waals surface area contributed by atoms with Gasteiger partial charge in [0, 0.05) is 19.7 Å². The lowest BCUT2D eigenvalue weighted by Crippen LogP contribution is -2.31. The van der Waals surface area contributed by atoms with E-state index >= 15 is 0 Å². The molecular formula is C10H14N6. The van der Waals surface area contributed by atoms with Gasteiger partial charge >= 0.3 is 0 Å². The van der Waals surface area contributed by atoms with E-state index in [1.807, 2.05) is 25.2 Å². The van der Waals surface area contributed by atoms with Crippen LogP contribution in [-0.2, 0) is 13.5 Å². The van der Waals surface area contributed by atoms with Gasteiger partial charge in [-0.15, -0.1) is 0 Å². The van der Waals surface area contributed by atoms with Crippen molar-refractivity contribution in [3.05, 3.63) is 42.2 Å². The summed E-state index contributed by atoms with van der Waals surface area (Å²) in [6.07, 6.45) is 3.93. The predicted octanol–water partition coefficient (Wildman–Crippen LogP) is -0.0428. The van der Waals surface area contributed by atoms with Crippen LogP contribution in [0.25, 0.3) is 0 Å². The van der Waals surface area contributed by atoms with Crippen LogP contribution < -0.4 is 11.3 Å². The summed E-state index contributed by atoms with van der Waals surface area (Å²) < 4.78 is 1.73. The van der Waals surface area contributed by atoms with Gasteiger partial charge in [-0.25, -0.2) is 4.98 Å². The van der Waals surface area contributed by atoms with Gasteiger partial charge in [-0.05, 0) is 12.1 Å². The van der Waals surface area contributed by atoms with Crippen LogP contribution in [0.3, 0.4) is 0 Å². The van der Waals surface area contributed by atoms with Gasteiger partial charge in [-0.3, -0.25) is 20.9 Å². The second-order valence-corrected chi connectivity index (χ2v) is 3.48. The van der Waals surface area contributed by atoms with E-state index in [0.29, 0.717) is 6.42 Å². The van der Waals surface area contributed by atoms with Crippen LogP contribution in [0.5, 0.6) is 0 Å². The highest BCUT2D eigenvalue weighted by Gasteiger charge is 2.14. The second kappa shape index (κ2) is 4.82. The number of aromatic nitrogens is 4. The first-order valence-electron chi connectivity index (χ1n) is 5.01. The summed E-state index contributed by atoms with van der Waals surface area (Å²) in [6.45, 7) is 0. The smallest absolute Gasteiger partial charge is 0.138 e. The summed E-state index contributed by atoms with van der Waals surface area (Å²) in [5.41, 5.74) is 3.64. The Morgan fingerprint density at radius 3 is 2.88 bits per heavy atom. The normalized spacial score (nSPS) is 12.6. The van der Waals surface area contributed by atoms with Crippen LogP contribution in [0.1, 0.15) is 17.6 Å². The third kappa shape index (κ3) is 2.23. The average molecular weight is 218 g/mol. The molecule has 0 fully saturated rings. The molecule has 0 saturated heterocycles. The fourth-order valence-electron chi connectivity index (χ4n) is 1.52. The van der Waals surface area contributed by atoms with Gasteiger partial charge in [0.05, 0.1) is 11.7 Å². The summed E-state index contributed by atoms with van der Waals surface area (Å²) in [5, 5.41) is 4.01. The van der Waals surface area contributed by atoms with Crippen molar-refractivity contribution in [2.24, 2.45) is 12.9 Å². The van der Waals surface area contributed by atoms with Crippen molar-refractivity contribution in [2.75, 3.05) is 0 Å². The van der Waals surface area contributed by atoms with Crippen LogP contribution in [0.4, 0.5) is 0 Å². The number of rotatable bonds is 4. The maximum Gasteiger partial charge on any atom is 0.138 e. The Morgan fingerprint density at radius 1 is 1.44 bits per heavy atom. The van der Waals surface area contributed by atoms with Crippen molar-refractivity contribution in [1.29, 1.82) is 0 Å². The number of nitrogens with one attached hydrogen (secondary N) is 1. The molecule has 0 aliphatic rings. The van der Waals surface area contributed by atoms with Crippen LogP contribution in [-0.4, -0.2) is 19.7 Å². The molecule has 1 unspecified atom stereocenters. The lowest BCUT2D eigenvalue weighted by Gasteiger charge is -2.14. The number of nitrogens with two attached hydrogens (primary N) is 1. The molecule has 2 aromatic rings. The van der Waals surface area contributed by atoms with Crippen molar-refractivity contribution in [2.45, 2.75) is 12.5 Å². The molecule has 6 heteroatoms. The highest BCUT2D eigenvalue weighted by atomic mass is 15.3. The van der Waals surface area contributed by atoms with Crippen LogP contribution >= 0.6 is 0 Å². The van der Waals surface area contributed by atoms with E-state index < -0.39 is 0 Å². The van der Waals surface area contributed by atoms with Crippen molar-refractivity contribution in [1.82, 2.24) is 25.2 Å². The SMILES string of the molecule is Cn1ncnc1CC(NN)c1ccccn1. The molecule has 16 heavy (non-hydrogen) atoms. The molecule has 3 N–H and O–H groups in total. The van der Waals surface area contributed by atoms with Gasteiger partial charge in [0.25, 0.3) is 0 Å². The summed E-state index contributed by atoms with van der Waals surface area (Å²) in [7, 11) is 1.86. The lowest BCUT2D eigenvalue weighted by molar-refractivity contribution is 0.512. The molecule has 0 saturated carbocycles. The topological polar surface area (TPSA) is 81.7 Å². The number of pyridine rings is 1. The molecule has 1 atom stereocenters. The quantitative estimate of drug-likeness (QED) is 0.555. The third-order valence-electron chi connectivity index (χ3n) is 2.44. The Bertz CT molecular complexity index is 438. The Morgan fingerprint density at radius 2 is 2.31 bits per heavy atom. The Kier molecular flexibility index (Phi) is 3.23. The van der Waals surface area contributed by atoms with Gasteiger partial charge in [-0.2, -0.15) is 5.10 Å². The number of nitrogens with zero attached hydrogens (tertiary/aromatic N) is 4. The minimum Gasteiger partial charge on any atom is -0.271 e. The van der Waals surface area contributed by atoms with Gasteiger partial charge in [0.1, 0.15) is 12.2 Å². The first-order valence-corrected chi connectivity index (χ1v) is 5.01. The second-order valence-electron chi connectivity index (χ2n) is 3.48. The molecule has 0 bridgehead atoms. The lowest BCUT2D eigenvalue weighted by atomic mass is 10.1. The molecule has 2 rings (SSSR count). The minimum absolute atomic E-state index is 0.0518. The number of hydrazine groups is 1. The van der Waals surface area contributed by atoms with E-state index in [2.05, 4.69) is 20.5 Å². The average Bonchev–Trinajstić information content (AvgIpc) is 2.73. The largest absolute Gasteiger partial charge is 0.271 e. The molecule has 0 aliphatic carbocycles. The van der Waals surface area contributed by atoms with Crippen LogP contribution in [0, 0.1) is 0 Å². The molecule has 0 spiro atoms. The Hall–Kier alpha value is -1.79. The van der Waals surface area contributed by atoms with Gasteiger partial charge < -0.3 is 0 Å². The van der Waals surface area contributed by atoms with Gasteiger partial charge in [-0.1, -0.05) is 6.07 Å². The number of hydrogen-bond donors (Lipinski definition) is 2. The standard InChI is InChI=1S/C10H14N6/c1-16-10(13-7-14-16)6-9(15-11)8-4-2-3-5-12-8/h2-5,7,9,15H,6,11H2,1H3. The summed E-state index contributed by atoms with van der Waals surface area (Å²) >= 11 is 0. The van der Waals surface area contributed by atoms with E-state index in [-0.39, 0.29) is 6.04 Å². The van der Waals surface area contributed by atoms with Gasteiger partial charge in [0.2, 0.25) is 0 Å². The number of aryl methyl sites for hydroxylation is 1. The third-order valence-corrected chi connectivity index (χ3v) is 2.44. The molecule has 2 heterocycles. The van der Waals surface area contributed by atoms with Crippen molar-refractivity contribution < 1.29 is 0 Å². The maximum atomic E-state index is 5.52.